The number of likely N-dealkylation sites (N-methyl/N-ethyl adjacent to an activating group) is 1. The first-order chi connectivity index (χ1) is 27.9. The lowest BCUT2D eigenvalue weighted by Crippen LogP contribution is -2.52. The lowest BCUT2D eigenvalue weighted by Gasteiger charge is -2.33. The van der Waals surface area contributed by atoms with Gasteiger partial charge < -0.3 is 44.6 Å². The van der Waals surface area contributed by atoms with Gasteiger partial charge in [-0.25, -0.2) is 19.6 Å². The molecule has 2 aliphatic rings. The Bertz CT molecular complexity index is 2110. The molecular weight excluding hydrogens is 741 g/mol. The van der Waals surface area contributed by atoms with Crippen LogP contribution >= 0.6 is 0 Å². The van der Waals surface area contributed by atoms with E-state index in [1.165, 1.54) is 14.2 Å². The van der Waals surface area contributed by atoms with Crippen LogP contribution in [0.15, 0.2) is 48.8 Å². The van der Waals surface area contributed by atoms with Crippen molar-refractivity contribution in [3.05, 3.63) is 71.6 Å². The standard InChI is InChI=1S/C43H56N8O7/c1-9-34(50(10-2)40(52)36(24(3)4)48-42(54)56-7)38-44-20-32(46-38)26-13-15-30-28(18-26)22-58-23-29-19-27(14-16-31(29)30)33-21-45-39(47-33)35-12-11-17-51(35)41(53)37(25(5)6)49-43(55)57-8/h13-16,18-21,24-25,34-37H,9-12,17,22-23H2,1-8H3,(H,44,46)(H,45,47)(H,48,54)(H,49,55)/t34-,35-,36-,37-/m0/s1. The molecule has 4 aromatic rings. The van der Waals surface area contributed by atoms with E-state index in [9.17, 15) is 19.2 Å². The average Bonchev–Trinajstić information content (AvgIpc) is 4.00. The van der Waals surface area contributed by atoms with Crippen LogP contribution in [0, 0.1) is 11.8 Å². The molecule has 0 saturated carbocycles. The van der Waals surface area contributed by atoms with Crippen molar-refractivity contribution >= 4 is 24.0 Å². The van der Waals surface area contributed by atoms with E-state index in [4.69, 9.17) is 24.2 Å². The predicted octanol–water partition coefficient (Wildman–Crippen LogP) is 6.89. The molecule has 0 spiro atoms. The molecule has 0 aliphatic carbocycles. The Balaban J connectivity index is 1.20. The number of aromatic amines is 2. The minimum absolute atomic E-state index is 0.117. The predicted molar refractivity (Wildman–Crippen MR) is 218 cm³/mol. The fraction of sp³-hybridized carbons (Fsp3) is 0.488. The molecule has 15 nitrogen and oxygen atoms in total. The third-order valence-corrected chi connectivity index (χ3v) is 11.2. The zero-order valence-corrected chi connectivity index (χ0v) is 34.7. The molecule has 1 fully saturated rings. The second-order valence-electron chi connectivity index (χ2n) is 15.6. The zero-order valence-electron chi connectivity index (χ0n) is 34.7. The summed E-state index contributed by atoms with van der Waals surface area (Å²) in [5.41, 5.74) is 7.83. The summed E-state index contributed by atoms with van der Waals surface area (Å²) < 4.78 is 15.8. The van der Waals surface area contributed by atoms with Gasteiger partial charge >= 0.3 is 12.2 Å². The maximum Gasteiger partial charge on any atom is 0.407 e. The number of aromatic nitrogens is 4. The van der Waals surface area contributed by atoms with E-state index in [0.717, 1.165) is 57.6 Å². The fourth-order valence-electron chi connectivity index (χ4n) is 8.03. The smallest absolute Gasteiger partial charge is 0.407 e. The van der Waals surface area contributed by atoms with Gasteiger partial charge in [0, 0.05) is 13.1 Å². The summed E-state index contributed by atoms with van der Waals surface area (Å²) in [4.78, 5) is 71.4. The van der Waals surface area contributed by atoms with E-state index in [-0.39, 0.29) is 35.7 Å². The summed E-state index contributed by atoms with van der Waals surface area (Å²) in [7, 11) is 2.57. The molecule has 4 amide bonds. The van der Waals surface area contributed by atoms with E-state index < -0.39 is 24.3 Å². The quantitative estimate of drug-likeness (QED) is 0.112. The number of carbonyl (C=O) groups is 4. The van der Waals surface area contributed by atoms with Crippen LogP contribution in [-0.2, 0) is 37.0 Å². The van der Waals surface area contributed by atoms with Crippen LogP contribution in [0.1, 0.15) is 95.7 Å². The fourth-order valence-corrected chi connectivity index (χ4v) is 8.03. The number of benzene rings is 2. The van der Waals surface area contributed by atoms with Crippen molar-refractivity contribution in [1.29, 1.82) is 0 Å². The number of hydrogen-bond acceptors (Lipinski definition) is 9. The highest BCUT2D eigenvalue weighted by Crippen LogP contribution is 2.38. The molecule has 58 heavy (non-hydrogen) atoms. The van der Waals surface area contributed by atoms with Gasteiger partial charge in [0.1, 0.15) is 23.7 Å². The number of hydrogen-bond donors (Lipinski definition) is 4. The third kappa shape index (κ3) is 8.74. The summed E-state index contributed by atoms with van der Waals surface area (Å²) in [6.07, 6.45) is 4.56. The van der Waals surface area contributed by atoms with Crippen molar-refractivity contribution in [1.82, 2.24) is 40.4 Å². The monoisotopic (exact) mass is 796 g/mol. The Morgan fingerprint density at radius 1 is 0.845 bits per heavy atom. The van der Waals surface area contributed by atoms with Gasteiger partial charge in [-0.2, -0.15) is 0 Å². The number of rotatable bonds is 13. The second-order valence-corrected chi connectivity index (χ2v) is 15.6. The molecule has 1 saturated heterocycles. The third-order valence-electron chi connectivity index (χ3n) is 11.2. The van der Waals surface area contributed by atoms with Gasteiger partial charge in [-0.15, -0.1) is 0 Å². The number of nitrogens with one attached hydrogen (secondary N) is 4. The van der Waals surface area contributed by atoms with E-state index in [0.29, 0.717) is 44.4 Å². The van der Waals surface area contributed by atoms with Crippen molar-refractivity contribution < 1.29 is 33.4 Å². The van der Waals surface area contributed by atoms with Crippen LogP contribution in [0.5, 0.6) is 0 Å². The van der Waals surface area contributed by atoms with E-state index >= 15 is 0 Å². The number of fused-ring (bicyclic) bond motifs is 3. The van der Waals surface area contributed by atoms with Crippen LogP contribution in [-0.4, -0.2) is 93.1 Å². The zero-order chi connectivity index (χ0) is 41.7. The molecule has 0 bridgehead atoms. The molecule has 0 unspecified atom stereocenters. The largest absolute Gasteiger partial charge is 0.453 e. The van der Waals surface area contributed by atoms with Crippen molar-refractivity contribution in [2.75, 3.05) is 27.3 Å². The Hall–Kier alpha value is -5.70. The number of carbonyl (C=O) groups excluding carboxylic acids is 4. The number of amides is 4. The highest BCUT2D eigenvalue weighted by Gasteiger charge is 2.38. The normalized spacial score (nSPS) is 16.5. The van der Waals surface area contributed by atoms with Crippen molar-refractivity contribution in [2.45, 2.75) is 98.2 Å². The van der Waals surface area contributed by atoms with Gasteiger partial charge in [-0.1, -0.05) is 58.9 Å². The number of nitrogens with zero attached hydrogens (tertiary/aromatic N) is 4. The second kappa shape index (κ2) is 18.3. The Morgan fingerprint density at radius 3 is 1.97 bits per heavy atom. The van der Waals surface area contributed by atoms with Crippen molar-refractivity contribution in [3.8, 4) is 33.6 Å². The molecule has 6 rings (SSSR count). The summed E-state index contributed by atoms with van der Waals surface area (Å²) in [6, 6.07) is 10.6. The van der Waals surface area contributed by atoms with E-state index in [2.05, 4.69) is 57.0 Å². The number of H-pyrrole nitrogens is 2. The minimum Gasteiger partial charge on any atom is -0.453 e. The molecule has 2 aromatic heterocycles. The van der Waals surface area contributed by atoms with Gasteiger partial charge in [-0.05, 0) is 83.5 Å². The van der Waals surface area contributed by atoms with E-state index in [1.807, 2.05) is 52.6 Å². The number of ether oxygens (including phenoxy) is 3. The van der Waals surface area contributed by atoms with Gasteiger partial charge in [0.25, 0.3) is 0 Å². The van der Waals surface area contributed by atoms with Crippen LogP contribution in [0.2, 0.25) is 0 Å². The maximum absolute atomic E-state index is 13.7. The number of likely N-dealkylation sites (tertiary alicyclic amines) is 1. The summed E-state index contributed by atoms with van der Waals surface area (Å²) >= 11 is 0. The molecule has 2 aromatic carbocycles. The van der Waals surface area contributed by atoms with Crippen LogP contribution < -0.4 is 10.6 Å². The van der Waals surface area contributed by atoms with Gasteiger partial charge in [0.2, 0.25) is 11.8 Å². The lowest BCUT2D eigenvalue weighted by atomic mass is 9.93. The van der Waals surface area contributed by atoms with Crippen molar-refractivity contribution in [2.24, 2.45) is 11.8 Å². The summed E-state index contributed by atoms with van der Waals surface area (Å²) in [6.45, 7) is 13.4. The molecular formula is C43H56N8O7. The highest BCUT2D eigenvalue weighted by molar-refractivity contribution is 5.87. The maximum atomic E-state index is 13.7. The van der Waals surface area contributed by atoms with Crippen molar-refractivity contribution in [3.63, 3.8) is 0 Å². The molecule has 15 heteroatoms. The molecule has 4 N–H and O–H groups in total. The van der Waals surface area contributed by atoms with Crippen LogP contribution in [0.25, 0.3) is 33.6 Å². The Morgan fingerprint density at radius 2 is 1.41 bits per heavy atom. The van der Waals surface area contributed by atoms with Gasteiger partial charge in [0.05, 0.1) is 63.3 Å². The number of methoxy groups -OCH3 is 2. The molecule has 4 heterocycles. The first kappa shape index (κ1) is 41.9. The molecule has 310 valence electrons. The first-order valence-corrected chi connectivity index (χ1v) is 20.1. The van der Waals surface area contributed by atoms with Crippen LogP contribution in [0.3, 0.4) is 0 Å². The molecule has 2 aliphatic heterocycles. The summed E-state index contributed by atoms with van der Waals surface area (Å²) in [5, 5.41) is 5.40. The average molecular weight is 797 g/mol. The SMILES string of the molecule is CC[C@@H](c1ncc(-c2ccc3c(c2)COCc2cc(-c4cnc([C@@H]5CCCN5C(=O)[C@@H](NC(=O)OC)C(C)C)[nH]4)ccc2-3)[nH]1)N(CC)C(=O)[C@@H](NC(=O)OC)C(C)C. The topological polar surface area (TPSA) is 184 Å². The van der Waals surface area contributed by atoms with Gasteiger partial charge in [-0.3, -0.25) is 9.59 Å². The minimum atomic E-state index is -0.738. The number of imidazole rings is 2. The first-order valence-electron chi connectivity index (χ1n) is 20.1. The Labute approximate surface area is 339 Å². The molecule has 0 radical (unpaired) electrons. The highest BCUT2D eigenvalue weighted by atomic mass is 16.5. The number of alkyl carbamates (subject to hydrolysis) is 2. The van der Waals surface area contributed by atoms with E-state index in [1.54, 1.807) is 11.1 Å². The van der Waals surface area contributed by atoms with Gasteiger partial charge in [0.15, 0.2) is 0 Å². The Kier molecular flexibility index (Phi) is 13.2. The lowest BCUT2D eigenvalue weighted by molar-refractivity contribution is -0.137. The molecule has 4 atom stereocenters. The van der Waals surface area contributed by atoms with Crippen LogP contribution in [0.4, 0.5) is 9.59 Å². The summed E-state index contributed by atoms with van der Waals surface area (Å²) in [5.74, 6) is 0.780.